The van der Waals surface area contributed by atoms with Gasteiger partial charge in [-0.2, -0.15) is 0 Å². The first-order valence-corrected chi connectivity index (χ1v) is 11.3. The summed E-state index contributed by atoms with van der Waals surface area (Å²) in [5.41, 5.74) is 3.40. The Morgan fingerprint density at radius 3 is 2.83 bits per heavy atom. The number of carbonyl (C=O) groups is 2. The van der Waals surface area contributed by atoms with Crippen LogP contribution >= 0.6 is 0 Å². The molecule has 2 fully saturated rings. The van der Waals surface area contributed by atoms with Gasteiger partial charge in [-0.15, -0.1) is 0 Å². The summed E-state index contributed by atoms with van der Waals surface area (Å²) in [6, 6.07) is 7.14. The Hall–Kier alpha value is -2.21. The van der Waals surface area contributed by atoms with Gasteiger partial charge in [0.15, 0.2) is 0 Å². The number of aryl methyl sites for hydroxylation is 1. The molecular formula is C24H35N3O3. The van der Waals surface area contributed by atoms with Crippen molar-refractivity contribution in [2.24, 2.45) is 5.41 Å². The van der Waals surface area contributed by atoms with Crippen molar-refractivity contribution in [3.63, 3.8) is 0 Å². The van der Waals surface area contributed by atoms with Gasteiger partial charge in [-0.1, -0.05) is 24.6 Å². The summed E-state index contributed by atoms with van der Waals surface area (Å²) >= 11 is 0. The van der Waals surface area contributed by atoms with Crippen LogP contribution in [0.5, 0.6) is 0 Å². The first-order valence-electron chi connectivity index (χ1n) is 11.3. The second kappa shape index (κ2) is 10.2. The van der Waals surface area contributed by atoms with E-state index in [-0.39, 0.29) is 17.8 Å². The van der Waals surface area contributed by atoms with Crippen molar-refractivity contribution >= 4 is 12.4 Å². The molecule has 1 aromatic heterocycles. The van der Waals surface area contributed by atoms with Crippen molar-refractivity contribution < 1.29 is 14.7 Å². The molecule has 6 heteroatoms. The molecule has 0 spiro atoms. The lowest BCUT2D eigenvalue weighted by Gasteiger charge is -2.35. The highest BCUT2D eigenvalue weighted by atomic mass is 16.3. The van der Waals surface area contributed by atoms with Gasteiger partial charge in [-0.25, -0.2) is 0 Å². The van der Waals surface area contributed by atoms with Gasteiger partial charge in [-0.05, 0) is 70.4 Å². The number of rotatable bonds is 6. The Balaban J connectivity index is 0.000000806. The molecule has 1 aliphatic carbocycles. The molecule has 3 atom stereocenters. The summed E-state index contributed by atoms with van der Waals surface area (Å²) in [5, 5.41) is 10.2. The van der Waals surface area contributed by atoms with E-state index in [1.807, 2.05) is 13.0 Å². The second-order valence-corrected chi connectivity index (χ2v) is 8.80. The number of aromatic nitrogens is 1. The van der Waals surface area contributed by atoms with Crippen LogP contribution in [-0.4, -0.2) is 46.0 Å². The molecule has 3 aliphatic rings. The summed E-state index contributed by atoms with van der Waals surface area (Å²) in [6.07, 6.45) is 11.5. The van der Waals surface area contributed by atoms with Crippen molar-refractivity contribution in [2.75, 3.05) is 6.54 Å². The number of hydrogen-bond donors (Lipinski definition) is 2. The van der Waals surface area contributed by atoms with Crippen LogP contribution in [-0.2, 0) is 16.1 Å². The molecule has 0 unspecified atom stereocenters. The van der Waals surface area contributed by atoms with Gasteiger partial charge in [0.25, 0.3) is 6.47 Å². The zero-order valence-corrected chi connectivity index (χ0v) is 18.3. The van der Waals surface area contributed by atoms with E-state index in [0.29, 0.717) is 12.1 Å². The summed E-state index contributed by atoms with van der Waals surface area (Å²) in [6.45, 7) is 5.61. The molecule has 2 saturated heterocycles. The lowest BCUT2D eigenvalue weighted by molar-refractivity contribution is -0.133. The van der Waals surface area contributed by atoms with Crippen molar-refractivity contribution in [1.29, 1.82) is 0 Å². The molecule has 1 aromatic rings. The zero-order valence-electron chi connectivity index (χ0n) is 18.3. The Bertz CT molecular complexity index is 779. The molecular weight excluding hydrogens is 378 g/mol. The Morgan fingerprint density at radius 1 is 1.37 bits per heavy atom. The molecule has 164 valence electrons. The predicted molar refractivity (Wildman–Crippen MR) is 117 cm³/mol. The van der Waals surface area contributed by atoms with E-state index in [1.165, 1.54) is 31.3 Å². The smallest absolute Gasteiger partial charge is 0.290 e. The molecule has 1 amide bonds. The van der Waals surface area contributed by atoms with Crippen molar-refractivity contribution in [1.82, 2.24) is 15.2 Å². The molecule has 2 aliphatic heterocycles. The SMILES string of the molecule is CC[C@@]1(C(=O)NCC2=CCCCC2)C[C@@H]2CC[C@H]1N2Cc1cccc(C)n1.O=CO. The summed E-state index contributed by atoms with van der Waals surface area (Å²) < 4.78 is 0. The fourth-order valence-electron chi connectivity index (χ4n) is 5.64. The maximum absolute atomic E-state index is 13.3. The van der Waals surface area contributed by atoms with Crippen LogP contribution in [0.4, 0.5) is 0 Å². The first kappa shape index (κ1) is 22.5. The van der Waals surface area contributed by atoms with Crippen molar-refractivity contribution in [2.45, 2.75) is 83.8 Å². The second-order valence-electron chi connectivity index (χ2n) is 8.80. The number of fused-ring (bicyclic) bond motifs is 2. The molecule has 30 heavy (non-hydrogen) atoms. The highest BCUT2D eigenvalue weighted by molar-refractivity contribution is 5.84. The summed E-state index contributed by atoms with van der Waals surface area (Å²) in [5.74, 6) is 0.283. The zero-order chi connectivity index (χ0) is 21.6. The number of pyridine rings is 1. The molecule has 0 saturated carbocycles. The van der Waals surface area contributed by atoms with Crippen molar-refractivity contribution in [3.8, 4) is 0 Å². The van der Waals surface area contributed by atoms with Crippen LogP contribution in [0.15, 0.2) is 29.8 Å². The number of hydrogen-bond acceptors (Lipinski definition) is 4. The molecule has 2 N–H and O–H groups in total. The van der Waals surface area contributed by atoms with Gasteiger partial charge in [0.2, 0.25) is 5.91 Å². The number of nitrogens with zero attached hydrogens (tertiary/aromatic N) is 2. The average molecular weight is 414 g/mol. The third kappa shape index (κ3) is 4.75. The molecule has 0 radical (unpaired) electrons. The summed E-state index contributed by atoms with van der Waals surface area (Å²) in [4.78, 5) is 28.9. The van der Waals surface area contributed by atoms with Gasteiger partial charge in [0.05, 0.1) is 11.1 Å². The minimum atomic E-state index is -0.250. The molecule has 4 rings (SSSR count). The van der Waals surface area contributed by atoms with E-state index in [2.05, 4.69) is 35.3 Å². The van der Waals surface area contributed by atoms with Crippen LogP contribution in [0, 0.1) is 12.3 Å². The highest BCUT2D eigenvalue weighted by Crippen LogP contribution is 2.52. The maximum atomic E-state index is 13.3. The Kier molecular flexibility index (Phi) is 7.64. The predicted octanol–water partition coefficient (Wildman–Crippen LogP) is 3.84. The van der Waals surface area contributed by atoms with E-state index in [1.54, 1.807) is 0 Å². The monoisotopic (exact) mass is 413 g/mol. The average Bonchev–Trinajstić information content (AvgIpc) is 3.28. The molecule has 2 bridgehead atoms. The van der Waals surface area contributed by atoms with E-state index in [9.17, 15) is 4.79 Å². The largest absolute Gasteiger partial charge is 0.483 e. The Morgan fingerprint density at radius 2 is 2.17 bits per heavy atom. The first-order chi connectivity index (χ1) is 14.5. The number of carboxylic acid groups (broad SMARTS) is 1. The van der Waals surface area contributed by atoms with Gasteiger partial charge in [-0.3, -0.25) is 19.5 Å². The van der Waals surface area contributed by atoms with E-state index in [4.69, 9.17) is 14.9 Å². The number of amides is 1. The fraction of sp³-hybridized carbons (Fsp3) is 0.625. The third-order valence-corrected chi connectivity index (χ3v) is 7.12. The molecule has 0 aromatic carbocycles. The van der Waals surface area contributed by atoms with E-state index >= 15 is 0 Å². The number of nitrogens with one attached hydrogen (secondary N) is 1. The van der Waals surface area contributed by atoms with Crippen LogP contribution in [0.25, 0.3) is 0 Å². The van der Waals surface area contributed by atoms with Gasteiger partial charge >= 0.3 is 0 Å². The topological polar surface area (TPSA) is 82.5 Å². The van der Waals surface area contributed by atoms with Gasteiger partial charge in [0.1, 0.15) is 0 Å². The van der Waals surface area contributed by atoms with Crippen LogP contribution < -0.4 is 5.32 Å². The lowest BCUT2D eigenvalue weighted by atomic mass is 9.71. The third-order valence-electron chi connectivity index (χ3n) is 7.12. The van der Waals surface area contributed by atoms with Gasteiger partial charge in [0, 0.05) is 30.9 Å². The van der Waals surface area contributed by atoms with Gasteiger partial charge < -0.3 is 10.4 Å². The lowest BCUT2D eigenvalue weighted by Crippen LogP contribution is -2.49. The molecule has 6 nitrogen and oxygen atoms in total. The number of allylic oxidation sites excluding steroid dienone is 1. The van der Waals surface area contributed by atoms with Crippen LogP contribution in [0.1, 0.15) is 69.7 Å². The minimum absolute atomic E-state index is 0.220. The van der Waals surface area contributed by atoms with E-state index < -0.39 is 0 Å². The molecule has 3 heterocycles. The standard InChI is InChI=1S/C23H33N3O.CH2O2/c1-3-23(22(27)24-15-18-9-5-4-6-10-18)14-20-12-13-21(23)26(20)16-19-11-7-8-17(2)25-19;2-1-3/h7-9,11,20-21H,3-6,10,12-16H2,1-2H3,(H,24,27);1H,(H,2,3)/t20-,21+,23+;/m0./s1. The maximum Gasteiger partial charge on any atom is 0.290 e. The quantitative estimate of drug-likeness (QED) is 0.547. The van der Waals surface area contributed by atoms with Crippen LogP contribution in [0.3, 0.4) is 0 Å². The van der Waals surface area contributed by atoms with E-state index in [0.717, 1.165) is 50.2 Å². The van der Waals surface area contributed by atoms with Crippen LogP contribution in [0.2, 0.25) is 0 Å². The van der Waals surface area contributed by atoms with Crippen molar-refractivity contribution in [3.05, 3.63) is 41.2 Å². The number of carbonyl (C=O) groups excluding carboxylic acids is 1. The fourth-order valence-corrected chi connectivity index (χ4v) is 5.64. The Labute approximate surface area is 179 Å². The highest BCUT2D eigenvalue weighted by Gasteiger charge is 2.58. The normalized spacial score (nSPS) is 27.7. The minimum Gasteiger partial charge on any atom is -0.483 e. The summed E-state index contributed by atoms with van der Waals surface area (Å²) in [7, 11) is 0.